The number of hydrogen-bond acceptors (Lipinski definition) is 2. The number of imidazole rings is 1. The highest BCUT2D eigenvalue weighted by atomic mass is 16.5. The molecule has 0 aliphatic rings. The van der Waals surface area contributed by atoms with Crippen LogP contribution in [0.1, 0.15) is 113 Å². The summed E-state index contributed by atoms with van der Waals surface area (Å²) in [6, 6.07) is 26.9. The third-order valence-electron chi connectivity index (χ3n) is 15.1. The number of aromatic nitrogens is 4. The quantitative estimate of drug-likeness (QED) is 0.101. The van der Waals surface area contributed by atoms with Gasteiger partial charge >= 0.3 is 0 Å². The molecule has 0 bridgehead atoms. The van der Waals surface area contributed by atoms with E-state index in [1.54, 1.807) is 28.8 Å². The molecule has 0 saturated carbocycles. The summed E-state index contributed by atoms with van der Waals surface area (Å²) in [5.41, 5.74) is 2.83. The number of rotatable bonds is 10. The standard InChI is InChI=1S/C79H70N4O/c1-52-41-75(80-50-69(52)56-27-18-13-19-28-56)83-71-32-21-20-31-66(71)67-39-38-65(49-73(67)83)84-64-30-22-29-63(48-64)81-51-82(72-40-35-57(45-74(72)81)55-33-36-61(37-34-55)77(2,3)4)76-68(46-62(78(5,6)7)47-70(76)79(8,9)10)60-43-58(53-23-14-11-15-24-53)42-59(44-60)54-25-16-12-17-26-54/h11-50H,1-10H3/i1D3,11D,12D,13D,14D,15D,16D,17D,18D,19D,23D,24D,25D,26D,27D,28D,42D,43D,44D. The maximum absolute atomic E-state index is 10.4. The Morgan fingerprint density at radius 1 is 0.476 bits per heavy atom. The Labute approximate surface area is 524 Å². The summed E-state index contributed by atoms with van der Waals surface area (Å²) in [4.78, 5) is 4.75. The molecule has 5 nitrogen and oxygen atoms in total. The molecule has 0 amide bonds. The first kappa shape index (κ1) is 34.8. The number of fused-ring (bicyclic) bond motifs is 4. The third kappa shape index (κ3) is 10.2. The Hall–Kier alpha value is -9.58. The second-order valence-corrected chi connectivity index (χ2v) is 23.9. The minimum Gasteiger partial charge on any atom is -0.458 e. The minimum absolute atomic E-state index is 0.144. The predicted octanol–water partition coefficient (Wildman–Crippen LogP) is 20.5. The van der Waals surface area contributed by atoms with Crippen LogP contribution in [0.4, 0.5) is 0 Å². The van der Waals surface area contributed by atoms with Crippen molar-refractivity contribution in [1.29, 1.82) is 0 Å². The smallest absolute Gasteiger partial charge is 0.269 e. The van der Waals surface area contributed by atoms with Crippen molar-refractivity contribution in [2.75, 3.05) is 0 Å². The van der Waals surface area contributed by atoms with Crippen molar-refractivity contribution >= 4 is 32.8 Å². The lowest BCUT2D eigenvalue weighted by Crippen LogP contribution is -2.35. The molecule has 13 aromatic rings. The summed E-state index contributed by atoms with van der Waals surface area (Å²) in [5.74, 6) is 0.875. The Morgan fingerprint density at radius 2 is 1.10 bits per heavy atom. The lowest BCUT2D eigenvalue weighted by molar-refractivity contribution is -0.572. The Morgan fingerprint density at radius 3 is 1.75 bits per heavy atom. The molecular formula is C79H70N4O. The maximum Gasteiger partial charge on any atom is 0.269 e. The van der Waals surface area contributed by atoms with Crippen LogP contribution in [0.2, 0.25) is 0 Å². The number of benzene rings is 10. The van der Waals surface area contributed by atoms with Crippen LogP contribution in [-0.4, -0.2) is 14.1 Å². The van der Waals surface area contributed by atoms with Gasteiger partial charge in [0.15, 0.2) is 0 Å². The van der Waals surface area contributed by atoms with E-state index in [1.807, 2.05) is 123 Å². The Kier molecular flexibility index (Phi) is 8.69. The summed E-state index contributed by atoms with van der Waals surface area (Å²) in [6.07, 6.45) is 4.92. The van der Waals surface area contributed by atoms with Gasteiger partial charge in [-0.1, -0.05) is 226 Å². The number of para-hydroxylation sites is 1. The fourth-order valence-electron chi connectivity index (χ4n) is 10.7. The largest absolute Gasteiger partial charge is 0.458 e. The average Bonchev–Trinajstić information content (AvgIpc) is 1.40. The Bertz CT molecular complexity index is 5670. The van der Waals surface area contributed by atoms with Crippen LogP contribution in [0.25, 0.3) is 106 Å². The molecule has 5 heteroatoms. The van der Waals surface area contributed by atoms with Gasteiger partial charge in [0.1, 0.15) is 17.3 Å². The van der Waals surface area contributed by atoms with E-state index in [0.717, 1.165) is 27.5 Å². The molecule has 0 unspecified atom stereocenters. The number of pyridine rings is 1. The molecule has 84 heavy (non-hydrogen) atoms. The molecule has 0 spiro atoms. The van der Waals surface area contributed by atoms with Crippen LogP contribution >= 0.6 is 0 Å². The van der Waals surface area contributed by atoms with Crippen molar-refractivity contribution in [2.45, 2.75) is 85.4 Å². The summed E-state index contributed by atoms with van der Waals surface area (Å²) < 4.78 is 201. The van der Waals surface area contributed by atoms with Crippen LogP contribution in [0.3, 0.4) is 0 Å². The van der Waals surface area contributed by atoms with Crippen molar-refractivity contribution in [3.05, 3.63) is 271 Å². The summed E-state index contributed by atoms with van der Waals surface area (Å²) in [7, 11) is 0. The molecule has 0 N–H and O–H groups in total. The van der Waals surface area contributed by atoms with E-state index in [9.17, 15) is 9.60 Å². The van der Waals surface area contributed by atoms with Crippen molar-refractivity contribution < 1.29 is 38.1 Å². The van der Waals surface area contributed by atoms with Crippen molar-refractivity contribution in [1.82, 2.24) is 14.1 Å². The first-order valence-corrected chi connectivity index (χ1v) is 27.6. The van der Waals surface area contributed by atoms with Crippen LogP contribution in [0.15, 0.2) is 242 Å². The number of hydrogen-bond donors (Lipinski definition) is 0. The molecule has 0 atom stereocenters. The minimum atomic E-state index is -2.84. The lowest BCUT2D eigenvalue weighted by Gasteiger charge is -2.30. The highest BCUT2D eigenvalue weighted by molar-refractivity contribution is 6.09. The highest BCUT2D eigenvalue weighted by Gasteiger charge is 2.29. The topological polar surface area (TPSA) is 35.9 Å². The van der Waals surface area contributed by atoms with Gasteiger partial charge in [-0.2, -0.15) is 0 Å². The third-order valence-corrected chi connectivity index (χ3v) is 15.1. The second kappa shape index (κ2) is 21.0. The summed E-state index contributed by atoms with van der Waals surface area (Å²) in [6.45, 7) is 15.5. The monoisotopic (exact) mass is 1110 g/mol. The van der Waals surface area contributed by atoms with Gasteiger partial charge in [0.2, 0.25) is 0 Å². The molecular weight excluding hydrogens is 1020 g/mol. The van der Waals surface area contributed by atoms with Crippen molar-refractivity contribution in [3.63, 3.8) is 0 Å². The van der Waals surface area contributed by atoms with E-state index >= 15 is 0 Å². The van der Waals surface area contributed by atoms with Gasteiger partial charge in [0.25, 0.3) is 6.33 Å². The number of aryl methyl sites for hydroxylation is 1. The molecule has 0 aliphatic carbocycles. The molecule has 0 fully saturated rings. The fraction of sp³-hybridized carbons (Fsp3) is 0.165. The van der Waals surface area contributed by atoms with Crippen LogP contribution in [0, 0.1) is 13.2 Å². The van der Waals surface area contributed by atoms with E-state index in [1.165, 1.54) is 12.3 Å². The highest BCUT2D eigenvalue weighted by Crippen LogP contribution is 2.43. The van der Waals surface area contributed by atoms with Crippen LogP contribution in [-0.2, 0) is 16.2 Å². The fourth-order valence-corrected chi connectivity index (χ4v) is 10.7. The molecule has 10 aromatic carbocycles. The summed E-state index contributed by atoms with van der Waals surface area (Å²) in [5, 5.41) is 1.55. The number of nitrogens with zero attached hydrogens (tertiary/aromatic N) is 4. The van der Waals surface area contributed by atoms with E-state index in [-0.39, 0.29) is 39.1 Å². The molecule has 3 aromatic heterocycles. The molecule has 0 aliphatic heterocycles. The van der Waals surface area contributed by atoms with Gasteiger partial charge in [-0.3, -0.25) is 13.7 Å². The Balaban J connectivity index is 1.06. The SMILES string of the molecule is [2H]c1c([2H])c([2H])c(-c2cnc(-n3c4ccccc4c4ccc(Oc5cccc(-n6[c-][n+](-c7c(-c8c([2H])c(-c9c([2H])c([2H])c([2H])c([2H])c9[2H])c([2H])c(-c9c([2H])c([2H])c([2H])c([2H])c9[2H])c8[2H])cc(C(C)(C)C)cc7C(C)(C)C)c7ccc(-c8ccc(C(C)(C)C)cc8)cc76)c5)cc43)cc2C([2H])([2H])[2H])c([2H])c1[2H]. The lowest BCUT2D eigenvalue weighted by atomic mass is 9.77. The van der Waals surface area contributed by atoms with E-state index < -0.39 is 149 Å². The van der Waals surface area contributed by atoms with Gasteiger partial charge in [-0.25, -0.2) is 4.98 Å². The second-order valence-electron chi connectivity index (χ2n) is 23.9. The zero-order valence-corrected chi connectivity index (χ0v) is 47.9. The average molecular weight is 1110 g/mol. The van der Waals surface area contributed by atoms with E-state index in [0.29, 0.717) is 56.1 Å². The van der Waals surface area contributed by atoms with Gasteiger partial charge in [0, 0.05) is 32.7 Å². The molecule has 13 rings (SSSR count). The van der Waals surface area contributed by atoms with E-state index in [4.69, 9.17) is 28.9 Å². The van der Waals surface area contributed by atoms with Gasteiger partial charge < -0.3 is 4.74 Å². The molecule has 3 heterocycles. The summed E-state index contributed by atoms with van der Waals surface area (Å²) >= 11 is 0. The van der Waals surface area contributed by atoms with E-state index in [2.05, 4.69) is 51.4 Å². The zero-order chi connectivity index (χ0) is 76.2. The maximum atomic E-state index is 10.4. The number of ether oxygens (including phenoxy) is 1. The zero-order valence-electron chi connectivity index (χ0n) is 68.9. The van der Waals surface area contributed by atoms with Gasteiger partial charge in [-0.15, -0.1) is 0 Å². The van der Waals surface area contributed by atoms with Gasteiger partial charge in [0.05, 0.1) is 58.1 Å². The van der Waals surface area contributed by atoms with Crippen molar-refractivity contribution in [3.8, 4) is 84.3 Å². The van der Waals surface area contributed by atoms with Crippen molar-refractivity contribution in [2.24, 2.45) is 0 Å². The molecule has 0 radical (unpaired) electrons. The molecule has 0 saturated heterocycles. The first-order chi connectivity index (χ1) is 49.1. The van der Waals surface area contributed by atoms with Crippen LogP contribution < -0.4 is 9.30 Å². The van der Waals surface area contributed by atoms with Crippen LogP contribution in [0.5, 0.6) is 11.5 Å². The van der Waals surface area contributed by atoms with Gasteiger partial charge in [-0.05, 0) is 162 Å². The normalized spacial score (nSPS) is 15.8. The predicted molar refractivity (Wildman–Crippen MR) is 350 cm³/mol. The first-order valence-electron chi connectivity index (χ1n) is 38.1. The molecule has 412 valence electrons.